The molecule has 0 unspecified atom stereocenters. The lowest BCUT2D eigenvalue weighted by Crippen LogP contribution is -2.65. The van der Waals surface area contributed by atoms with Crippen molar-refractivity contribution in [3.05, 3.63) is 23.2 Å². The standard InChI is InChI=1S/C26H40N4O2S/c1-4-28(5-2)15-11-16-30-24(31)22-18-23-21(14-17-33-23)29(22)19-26(30,3)25(32)27-20-12-9-7-6-8-10-13-20/h14,17-18,20H,4-13,15-16,19H2,1-3H3,(H,27,32)/t26-/m0/s1. The highest BCUT2D eigenvalue weighted by molar-refractivity contribution is 7.17. The van der Waals surface area contributed by atoms with E-state index >= 15 is 0 Å². The Bertz CT molecular complexity index is 955. The normalized spacial score (nSPS) is 22.4. The first-order chi connectivity index (χ1) is 16.0. The van der Waals surface area contributed by atoms with E-state index in [2.05, 4.69) is 40.1 Å². The van der Waals surface area contributed by atoms with Crippen molar-refractivity contribution in [2.24, 2.45) is 0 Å². The Labute approximate surface area is 202 Å². The first-order valence-corrected chi connectivity index (χ1v) is 13.8. The van der Waals surface area contributed by atoms with Gasteiger partial charge in [-0.15, -0.1) is 11.3 Å². The van der Waals surface area contributed by atoms with Crippen molar-refractivity contribution in [3.63, 3.8) is 0 Å². The molecular formula is C26H40N4O2S. The lowest BCUT2D eigenvalue weighted by atomic mass is 9.92. The zero-order chi connectivity index (χ0) is 23.4. The number of hydrogen-bond donors (Lipinski definition) is 1. The van der Waals surface area contributed by atoms with Gasteiger partial charge in [-0.05, 0) is 63.3 Å². The first kappa shape index (κ1) is 24.3. The Morgan fingerprint density at radius 3 is 2.58 bits per heavy atom. The molecule has 7 heteroatoms. The molecule has 3 heterocycles. The van der Waals surface area contributed by atoms with Crippen LogP contribution in [0.2, 0.25) is 0 Å². The molecule has 1 N–H and O–H groups in total. The number of nitrogens with one attached hydrogen (secondary N) is 1. The molecule has 4 rings (SSSR count). The summed E-state index contributed by atoms with van der Waals surface area (Å²) in [7, 11) is 0. The van der Waals surface area contributed by atoms with Gasteiger partial charge in [-0.3, -0.25) is 9.59 Å². The van der Waals surface area contributed by atoms with E-state index in [9.17, 15) is 9.59 Å². The predicted molar refractivity (Wildman–Crippen MR) is 136 cm³/mol. The average Bonchev–Trinajstić information content (AvgIpc) is 3.37. The van der Waals surface area contributed by atoms with Crippen LogP contribution in [0.25, 0.3) is 10.2 Å². The van der Waals surface area contributed by atoms with Gasteiger partial charge < -0.3 is 19.7 Å². The molecule has 0 spiro atoms. The van der Waals surface area contributed by atoms with Crippen LogP contribution in [0.3, 0.4) is 0 Å². The minimum Gasteiger partial charge on any atom is -0.351 e. The van der Waals surface area contributed by atoms with Gasteiger partial charge in [-0.2, -0.15) is 0 Å². The smallest absolute Gasteiger partial charge is 0.271 e. The van der Waals surface area contributed by atoms with Gasteiger partial charge in [-0.25, -0.2) is 0 Å². The molecule has 0 radical (unpaired) electrons. The molecule has 33 heavy (non-hydrogen) atoms. The lowest BCUT2D eigenvalue weighted by Gasteiger charge is -2.45. The number of thiophene rings is 1. The van der Waals surface area contributed by atoms with Crippen molar-refractivity contribution in [1.82, 2.24) is 19.7 Å². The summed E-state index contributed by atoms with van der Waals surface area (Å²) in [5.74, 6) is -0.00787. The maximum atomic E-state index is 13.8. The molecule has 182 valence electrons. The predicted octanol–water partition coefficient (Wildman–Crippen LogP) is 4.88. The fourth-order valence-corrected chi connectivity index (χ4v) is 6.38. The van der Waals surface area contributed by atoms with Crippen LogP contribution in [0.5, 0.6) is 0 Å². The van der Waals surface area contributed by atoms with E-state index in [-0.39, 0.29) is 17.9 Å². The highest BCUT2D eigenvalue weighted by Gasteiger charge is 2.47. The molecule has 6 nitrogen and oxygen atoms in total. The van der Waals surface area contributed by atoms with Crippen LogP contribution >= 0.6 is 11.3 Å². The highest BCUT2D eigenvalue weighted by Crippen LogP contribution is 2.34. The van der Waals surface area contributed by atoms with Crippen LogP contribution in [-0.4, -0.2) is 63.9 Å². The van der Waals surface area contributed by atoms with E-state index in [1.54, 1.807) is 11.3 Å². The van der Waals surface area contributed by atoms with E-state index in [1.165, 1.54) is 32.1 Å². The van der Waals surface area contributed by atoms with Crippen molar-refractivity contribution in [3.8, 4) is 0 Å². The fourth-order valence-electron chi connectivity index (χ4n) is 5.56. The van der Waals surface area contributed by atoms with E-state index in [0.29, 0.717) is 13.1 Å². The second-order valence-corrected chi connectivity index (χ2v) is 10.9. The number of nitrogens with zero attached hydrogens (tertiary/aromatic N) is 3. The van der Waals surface area contributed by atoms with Gasteiger partial charge in [-0.1, -0.05) is 46.0 Å². The summed E-state index contributed by atoms with van der Waals surface area (Å²) in [5.41, 5.74) is 0.899. The lowest BCUT2D eigenvalue weighted by molar-refractivity contribution is -0.133. The van der Waals surface area contributed by atoms with Crippen LogP contribution in [0.4, 0.5) is 0 Å². The molecule has 2 aliphatic rings. The monoisotopic (exact) mass is 472 g/mol. The molecule has 1 saturated carbocycles. The van der Waals surface area contributed by atoms with Crippen LogP contribution < -0.4 is 5.32 Å². The van der Waals surface area contributed by atoms with Gasteiger partial charge in [0.15, 0.2) is 0 Å². The summed E-state index contributed by atoms with van der Waals surface area (Å²) >= 11 is 1.65. The summed E-state index contributed by atoms with van der Waals surface area (Å²) in [6.07, 6.45) is 9.11. The number of rotatable bonds is 8. The van der Waals surface area contributed by atoms with Crippen LogP contribution in [0.15, 0.2) is 17.5 Å². The van der Waals surface area contributed by atoms with Crippen LogP contribution in [0, 0.1) is 0 Å². The maximum absolute atomic E-state index is 13.8. The molecule has 2 amide bonds. The summed E-state index contributed by atoms with van der Waals surface area (Å²) in [6.45, 7) is 10.4. The molecule has 0 saturated heterocycles. The number of carbonyl (C=O) groups excluding carboxylic acids is 2. The van der Waals surface area contributed by atoms with Crippen molar-refractivity contribution in [2.75, 3.05) is 26.2 Å². The van der Waals surface area contributed by atoms with Gasteiger partial charge in [0.05, 0.1) is 16.8 Å². The molecule has 2 aromatic rings. The maximum Gasteiger partial charge on any atom is 0.271 e. The Kier molecular flexibility index (Phi) is 7.80. The molecular weight excluding hydrogens is 432 g/mol. The minimum absolute atomic E-state index is 0.00647. The van der Waals surface area contributed by atoms with Crippen LogP contribution in [-0.2, 0) is 11.3 Å². The molecule has 1 aliphatic heterocycles. The molecule has 1 aliphatic carbocycles. The summed E-state index contributed by atoms with van der Waals surface area (Å²) in [4.78, 5) is 31.8. The average molecular weight is 473 g/mol. The Morgan fingerprint density at radius 2 is 1.88 bits per heavy atom. The Hall–Kier alpha value is -1.86. The first-order valence-electron chi connectivity index (χ1n) is 12.9. The third-order valence-corrected chi connectivity index (χ3v) is 8.58. The van der Waals surface area contributed by atoms with Crippen molar-refractivity contribution in [1.29, 1.82) is 0 Å². The Morgan fingerprint density at radius 1 is 1.18 bits per heavy atom. The van der Waals surface area contributed by atoms with E-state index in [1.807, 2.05) is 17.9 Å². The van der Waals surface area contributed by atoms with Gasteiger partial charge in [0, 0.05) is 12.6 Å². The number of hydrogen-bond acceptors (Lipinski definition) is 4. The summed E-state index contributed by atoms with van der Waals surface area (Å²) in [5, 5.41) is 5.44. The zero-order valence-electron chi connectivity index (χ0n) is 20.6. The second-order valence-electron chi connectivity index (χ2n) is 9.91. The van der Waals surface area contributed by atoms with Crippen molar-refractivity contribution in [2.45, 2.75) is 90.3 Å². The summed E-state index contributed by atoms with van der Waals surface area (Å²) < 4.78 is 3.19. The van der Waals surface area contributed by atoms with Crippen molar-refractivity contribution < 1.29 is 9.59 Å². The third kappa shape index (κ3) is 4.99. The van der Waals surface area contributed by atoms with E-state index in [0.717, 1.165) is 54.8 Å². The quantitative estimate of drug-likeness (QED) is 0.596. The zero-order valence-corrected chi connectivity index (χ0v) is 21.4. The third-order valence-electron chi connectivity index (χ3n) is 7.73. The number of carbonyl (C=O) groups is 2. The minimum atomic E-state index is -0.885. The molecule has 0 bridgehead atoms. The number of aromatic nitrogens is 1. The van der Waals surface area contributed by atoms with E-state index in [4.69, 9.17) is 0 Å². The molecule has 1 fully saturated rings. The number of amides is 2. The topological polar surface area (TPSA) is 57.6 Å². The second kappa shape index (κ2) is 10.6. The number of fused-ring (bicyclic) bond motifs is 3. The molecule has 0 aromatic carbocycles. The van der Waals surface area contributed by atoms with Crippen molar-refractivity contribution >= 4 is 33.4 Å². The Balaban J connectivity index is 1.58. The van der Waals surface area contributed by atoms with Gasteiger partial charge in [0.1, 0.15) is 11.2 Å². The fraction of sp³-hybridized carbons (Fsp3) is 0.692. The summed E-state index contributed by atoms with van der Waals surface area (Å²) in [6, 6.07) is 4.29. The highest BCUT2D eigenvalue weighted by atomic mass is 32.1. The van der Waals surface area contributed by atoms with Gasteiger partial charge in [0.2, 0.25) is 5.91 Å². The van der Waals surface area contributed by atoms with Gasteiger partial charge in [0.25, 0.3) is 5.91 Å². The molecule has 2 aromatic heterocycles. The van der Waals surface area contributed by atoms with Crippen LogP contribution in [0.1, 0.15) is 82.6 Å². The van der Waals surface area contributed by atoms with Gasteiger partial charge >= 0.3 is 0 Å². The largest absolute Gasteiger partial charge is 0.351 e. The van der Waals surface area contributed by atoms with E-state index < -0.39 is 5.54 Å². The molecule has 1 atom stereocenters. The SMILES string of the molecule is CCN(CC)CCCN1C(=O)c2cc3sccc3n2C[C@@]1(C)C(=O)NC1CCCCCCC1.